The van der Waals surface area contributed by atoms with Crippen LogP contribution in [0.3, 0.4) is 0 Å². The predicted octanol–water partition coefficient (Wildman–Crippen LogP) is 1.35. The minimum Gasteiger partial charge on any atom is -0.478 e. The summed E-state index contributed by atoms with van der Waals surface area (Å²) in [6, 6.07) is 7.84. The van der Waals surface area contributed by atoms with Crippen LogP contribution in [0.25, 0.3) is 6.08 Å². The van der Waals surface area contributed by atoms with E-state index in [1.807, 2.05) is 24.3 Å². The first kappa shape index (κ1) is 14.0. The number of benzene rings is 1. The molecule has 0 saturated carbocycles. The third-order valence-corrected chi connectivity index (χ3v) is 4.32. The van der Waals surface area contributed by atoms with Crippen molar-refractivity contribution in [3.63, 3.8) is 0 Å². The average Bonchev–Trinajstić information content (AvgIpc) is 2.40. The number of carbonyl (C=O) groups is 1. The summed E-state index contributed by atoms with van der Waals surface area (Å²) in [7, 11) is -0.650. The molecule has 0 radical (unpaired) electrons. The molecule has 0 spiro atoms. The van der Waals surface area contributed by atoms with Crippen LogP contribution in [-0.4, -0.2) is 44.8 Å². The van der Waals surface area contributed by atoms with Crippen LogP contribution in [-0.2, 0) is 22.1 Å². The summed E-state index contributed by atoms with van der Waals surface area (Å²) in [6.45, 7) is 2.55. The van der Waals surface area contributed by atoms with E-state index in [4.69, 9.17) is 5.11 Å². The summed E-state index contributed by atoms with van der Waals surface area (Å²) in [6.07, 6.45) is 2.74. The van der Waals surface area contributed by atoms with E-state index in [1.165, 1.54) is 0 Å². The zero-order valence-electron chi connectivity index (χ0n) is 10.6. The van der Waals surface area contributed by atoms with Gasteiger partial charge in [-0.15, -0.1) is 0 Å². The van der Waals surface area contributed by atoms with E-state index < -0.39 is 16.8 Å². The number of nitrogens with zero attached hydrogens (tertiary/aromatic N) is 1. The SMILES string of the molecule is O=C(O)/C=C/c1cccc(CN2CCS(=O)CC2)c1. The molecule has 0 atom stereocenters. The lowest BCUT2D eigenvalue weighted by Crippen LogP contribution is -2.37. The minimum atomic E-state index is -0.941. The van der Waals surface area contributed by atoms with Gasteiger partial charge in [-0.3, -0.25) is 9.11 Å². The molecule has 1 aliphatic rings. The van der Waals surface area contributed by atoms with Gasteiger partial charge in [0.1, 0.15) is 0 Å². The quantitative estimate of drug-likeness (QED) is 0.845. The Hall–Kier alpha value is -1.46. The maximum absolute atomic E-state index is 11.3. The molecule has 1 saturated heterocycles. The van der Waals surface area contributed by atoms with Crippen molar-refractivity contribution in [2.75, 3.05) is 24.6 Å². The summed E-state index contributed by atoms with van der Waals surface area (Å²) >= 11 is 0. The monoisotopic (exact) mass is 279 g/mol. The lowest BCUT2D eigenvalue weighted by atomic mass is 10.1. The van der Waals surface area contributed by atoms with Gasteiger partial charge in [0.25, 0.3) is 0 Å². The third-order valence-electron chi connectivity index (χ3n) is 3.05. The predicted molar refractivity (Wildman–Crippen MR) is 76.3 cm³/mol. The van der Waals surface area contributed by atoms with Crippen molar-refractivity contribution in [3.8, 4) is 0 Å². The largest absolute Gasteiger partial charge is 0.478 e. The molecule has 4 nitrogen and oxygen atoms in total. The van der Waals surface area contributed by atoms with Crippen LogP contribution in [0.1, 0.15) is 11.1 Å². The summed E-state index contributed by atoms with van der Waals surface area (Å²) in [5.41, 5.74) is 2.04. The van der Waals surface area contributed by atoms with Crippen molar-refractivity contribution < 1.29 is 14.1 Å². The molecule has 1 aliphatic heterocycles. The number of rotatable bonds is 4. The van der Waals surface area contributed by atoms with Crippen LogP contribution in [0, 0.1) is 0 Å². The molecule has 0 aliphatic carbocycles. The van der Waals surface area contributed by atoms with Crippen LogP contribution < -0.4 is 0 Å². The zero-order valence-corrected chi connectivity index (χ0v) is 11.4. The van der Waals surface area contributed by atoms with Gasteiger partial charge >= 0.3 is 5.97 Å². The van der Waals surface area contributed by atoms with Crippen LogP contribution in [0.4, 0.5) is 0 Å². The highest BCUT2D eigenvalue weighted by Crippen LogP contribution is 2.11. The van der Waals surface area contributed by atoms with Crippen LogP contribution in [0.15, 0.2) is 30.3 Å². The van der Waals surface area contributed by atoms with Crippen molar-refractivity contribution in [1.82, 2.24) is 4.90 Å². The highest BCUT2D eigenvalue weighted by molar-refractivity contribution is 7.85. The minimum absolute atomic E-state index is 0.650. The van der Waals surface area contributed by atoms with Gasteiger partial charge in [0, 0.05) is 48.0 Å². The summed E-state index contributed by atoms with van der Waals surface area (Å²) in [5, 5.41) is 8.61. The molecular formula is C14H17NO3S. The van der Waals surface area contributed by atoms with Crippen molar-refractivity contribution in [3.05, 3.63) is 41.5 Å². The van der Waals surface area contributed by atoms with E-state index in [9.17, 15) is 9.00 Å². The second-order valence-electron chi connectivity index (χ2n) is 4.54. The summed E-state index contributed by atoms with van der Waals surface area (Å²) in [5.74, 6) is 0.556. The van der Waals surface area contributed by atoms with Gasteiger partial charge in [-0.1, -0.05) is 24.3 Å². The normalized spacial score (nSPS) is 17.9. The molecule has 0 bridgehead atoms. The summed E-state index contributed by atoms with van der Waals surface area (Å²) in [4.78, 5) is 12.8. The van der Waals surface area contributed by atoms with Gasteiger partial charge < -0.3 is 5.11 Å². The lowest BCUT2D eigenvalue weighted by Gasteiger charge is -2.26. The Balaban J connectivity index is 1.99. The van der Waals surface area contributed by atoms with Gasteiger partial charge in [-0.25, -0.2) is 4.79 Å². The molecule has 0 amide bonds. The Morgan fingerprint density at radius 3 is 2.79 bits per heavy atom. The van der Waals surface area contributed by atoms with Crippen molar-refractivity contribution in [2.24, 2.45) is 0 Å². The van der Waals surface area contributed by atoms with Crippen LogP contribution in [0.2, 0.25) is 0 Å². The first-order chi connectivity index (χ1) is 9.13. The molecule has 1 heterocycles. The topological polar surface area (TPSA) is 57.6 Å². The molecule has 1 N–H and O–H groups in total. The molecule has 1 aromatic carbocycles. The molecule has 1 aromatic rings. The maximum atomic E-state index is 11.3. The smallest absolute Gasteiger partial charge is 0.328 e. The van der Waals surface area contributed by atoms with Gasteiger partial charge in [-0.05, 0) is 17.2 Å². The molecule has 5 heteroatoms. The number of carboxylic acids is 1. The molecule has 1 fully saturated rings. The van der Waals surface area contributed by atoms with Crippen LogP contribution >= 0.6 is 0 Å². The van der Waals surface area contributed by atoms with Crippen LogP contribution in [0.5, 0.6) is 0 Å². The average molecular weight is 279 g/mol. The molecule has 0 unspecified atom stereocenters. The summed E-state index contributed by atoms with van der Waals surface area (Å²) < 4.78 is 11.3. The maximum Gasteiger partial charge on any atom is 0.328 e. The Morgan fingerprint density at radius 1 is 1.37 bits per heavy atom. The molecular weight excluding hydrogens is 262 g/mol. The second kappa shape index (κ2) is 6.63. The number of aliphatic carboxylic acids is 1. The number of hydrogen-bond donors (Lipinski definition) is 1. The third kappa shape index (κ3) is 4.61. The zero-order chi connectivity index (χ0) is 13.7. The molecule has 2 rings (SSSR count). The van der Waals surface area contributed by atoms with E-state index in [2.05, 4.69) is 4.90 Å². The van der Waals surface area contributed by atoms with E-state index in [0.29, 0.717) is 0 Å². The fourth-order valence-electron chi connectivity index (χ4n) is 2.05. The Kier molecular flexibility index (Phi) is 4.87. The highest BCUT2D eigenvalue weighted by atomic mass is 32.2. The van der Waals surface area contributed by atoms with Crippen molar-refractivity contribution >= 4 is 22.8 Å². The van der Waals surface area contributed by atoms with Gasteiger partial charge in [-0.2, -0.15) is 0 Å². The lowest BCUT2D eigenvalue weighted by molar-refractivity contribution is -0.131. The first-order valence-electron chi connectivity index (χ1n) is 6.21. The van der Waals surface area contributed by atoms with Gasteiger partial charge in [0.2, 0.25) is 0 Å². The number of hydrogen-bond acceptors (Lipinski definition) is 3. The molecule has 19 heavy (non-hydrogen) atoms. The Bertz CT molecular complexity index is 503. The number of carboxylic acid groups (broad SMARTS) is 1. The Morgan fingerprint density at radius 2 is 2.11 bits per heavy atom. The van der Waals surface area contributed by atoms with E-state index in [1.54, 1.807) is 6.08 Å². The fourth-order valence-corrected chi connectivity index (χ4v) is 3.18. The first-order valence-corrected chi connectivity index (χ1v) is 7.69. The fraction of sp³-hybridized carbons (Fsp3) is 0.357. The standard InChI is InChI=1S/C14H17NO3S/c16-14(17)5-4-12-2-1-3-13(10-12)11-15-6-8-19(18)9-7-15/h1-5,10H,6-9,11H2,(H,16,17)/b5-4+. The van der Waals surface area contributed by atoms with Crippen molar-refractivity contribution in [2.45, 2.75) is 6.54 Å². The van der Waals surface area contributed by atoms with E-state index in [0.717, 1.165) is 48.3 Å². The van der Waals surface area contributed by atoms with Gasteiger partial charge in [0.05, 0.1) is 0 Å². The van der Waals surface area contributed by atoms with E-state index in [-0.39, 0.29) is 0 Å². The van der Waals surface area contributed by atoms with E-state index >= 15 is 0 Å². The molecule has 102 valence electrons. The van der Waals surface area contributed by atoms with Gasteiger partial charge in [0.15, 0.2) is 0 Å². The second-order valence-corrected chi connectivity index (χ2v) is 6.24. The van der Waals surface area contributed by atoms with Crippen molar-refractivity contribution in [1.29, 1.82) is 0 Å². The highest BCUT2D eigenvalue weighted by Gasteiger charge is 2.14. The Labute approximate surface area is 115 Å². The molecule has 0 aromatic heterocycles.